The van der Waals surface area contributed by atoms with E-state index in [1.54, 1.807) is 0 Å². The third kappa shape index (κ3) is 2.59. The summed E-state index contributed by atoms with van der Waals surface area (Å²) in [7, 11) is 0. The average molecular weight is 290 g/mol. The van der Waals surface area contributed by atoms with Gasteiger partial charge in [0.25, 0.3) is 5.91 Å². The normalized spacial score (nSPS) is 18.1. The van der Waals surface area contributed by atoms with Crippen molar-refractivity contribution in [3.63, 3.8) is 0 Å². The minimum atomic E-state index is -0.232. The van der Waals surface area contributed by atoms with Crippen molar-refractivity contribution in [1.82, 2.24) is 4.90 Å². The standard InChI is InChI=1S/C10H12BrNO2S/c11-9-2-1-8(15-9)10(14)12-5-3-7(13)4-6-12/h1-2,7,13H,3-6H2. The van der Waals surface area contributed by atoms with E-state index in [0.29, 0.717) is 25.9 Å². The molecule has 3 nitrogen and oxygen atoms in total. The van der Waals surface area contributed by atoms with E-state index in [1.165, 1.54) is 11.3 Å². The SMILES string of the molecule is O=C(c1ccc(Br)s1)N1CCC(O)CC1. The minimum Gasteiger partial charge on any atom is -0.393 e. The summed E-state index contributed by atoms with van der Waals surface area (Å²) < 4.78 is 0.975. The van der Waals surface area contributed by atoms with E-state index in [1.807, 2.05) is 17.0 Å². The van der Waals surface area contributed by atoms with Gasteiger partial charge >= 0.3 is 0 Å². The molecule has 0 atom stereocenters. The van der Waals surface area contributed by atoms with Crippen LogP contribution in [0.15, 0.2) is 15.9 Å². The fourth-order valence-corrected chi connectivity index (χ4v) is 3.01. The number of thiophene rings is 1. The van der Waals surface area contributed by atoms with Crippen LogP contribution in [0.4, 0.5) is 0 Å². The van der Waals surface area contributed by atoms with Gasteiger partial charge in [-0.2, -0.15) is 0 Å². The van der Waals surface area contributed by atoms with E-state index >= 15 is 0 Å². The number of hydrogen-bond acceptors (Lipinski definition) is 3. The summed E-state index contributed by atoms with van der Waals surface area (Å²) in [6, 6.07) is 3.72. The van der Waals surface area contributed by atoms with Crippen LogP contribution in [0.2, 0.25) is 0 Å². The molecular weight excluding hydrogens is 278 g/mol. The van der Waals surface area contributed by atoms with E-state index in [2.05, 4.69) is 15.9 Å². The number of carbonyl (C=O) groups is 1. The fraction of sp³-hybridized carbons (Fsp3) is 0.500. The van der Waals surface area contributed by atoms with Gasteiger partial charge in [-0.15, -0.1) is 11.3 Å². The Hall–Kier alpha value is -0.390. The summed E-state index contributed by atoms with van der Waals surface area (Å²) in [6.07, 6.45) is 1.15. The van der Waals surface area contributed by atoms with Crippen molar-refractivity contribution in [2.75, 3.05) is 13.1 Å². The lowest BCUT2D eigenvalue weighted by Gasteiger charge is -2.29. The third-order valence-electron chi connectivity index (χ3n) is 2.54. The van der Waals surface area contributed by atoms with Gasteiger partial charge in [0.15, 0.2) is 0 Å². The molecule has 5 heteroatoms. The lowest BCUT2D eigenvalue weighted by molar-refractivity contribution is 0.0550. The molecule has 1 aliphatic rings. The van der Waals surface area contributed by atoms with Crippen LogP contribution in [-0.2, 0) is 0 Å². The molecule has 0 unspecified atom stereocenters. The molecule has 2 rings (SSSR count). The number of nitrogens with zero attached hydrogens (tertiary/aromatic N) is 1. The molecule has 1 fully saturated rings. The molecule has 0 radical (unpaired) electrons. The Kier molecular flexibility index (Phi) is 3.43. The highest BCUT2D eigenvalue weighted by Crippen LogP contribution is 2.24. The summed E-state index contributed by atoms with van der Waals surface area (Å²) >= 11 is 4.80. The molecule has 1 N–H and O–H groups in total. The van der Waals surface area contributed by atoms with Gasteiger partial charge in [0.1, 0.15) is 0 Å². The van der Waals surface area contributed by atoms with E-state index in [-0.39, 0.29) is 12.0 Å². The van der Waals surface area contributed by atoms with Gasteiger partial charge in [0.2, 0.25) is 0 Å². The zero-order chi connectivity index (χ0) is 10.8. The number of aliphatic hydroxyl groups excluding tert-OH is 1. The number of likely N-dealkylation sites (tertiary alicyclic amines) is 1. The van der Waals surface area contributed by atoms with Gasteiger partial charge in [-0.25, -0.2) is 0 Å². The maximum absolute atomic E-state index is 12.0. The summed E-state index contributed by atoms with van der Waals surface area (Å²) in [5.41, 5.74) is 0. The van der Waals surface area contributed by atoms with Crippen LogP contribution in [0.25, 0.3) is 0 Å². The molecule has 0 aromatic carbocycles. The lowest BCUT2D eigenvalue weighted by atomic mass is 10.1. The molecule has 0 bridgehead atoms. The summed E-state index contributed by atoms with van der Waals surface area (Å²) in [4.78, 5) is 14.5. The number of carbonyl (C=O) groups excluding carboxylic acids is 1. The third-order valence-corrected chi connectivity index (χ3v) is 4.15. The highest BCUT2D eigenvalue weighted by molar-refractivity contribution is 9.11. The molecule has 1 aromatic heterocycles. The van der Waals surface area contributed by atoms with Crippen molar-refractivity contribution in [2.24, 2.45) is 0 Å². The fourth-order valence-electron chi connectivity index (χ4n) is 1.65. The lowest BCUT2D eigenvalue weighted by Crippen LogP contribution is -2.39. The van der Waals surface area contributed by atoms with Crippen LogP contribution < -0.4 is 0 Å². The van der Waals surface area contributed by atoms with Crippen molar-refractivity contribution in [1.29, 1.82) is 0 Å². The molecular formula is C10H12BrNO2S. The number of piperidine rings is 1. The predicted molar refractivity (Wildman–Crippen MR) is 63.2 cm³/mol. The Morgan fingerprint density at radius 3 is 2.67 bits per heavy atom. The first-order chi connectivity index (χ1) is 7.16. The number of rotatable bonds is 1. The molecule has 82 valence electrons. The zero-order valence-electron chi connectivity index (χ0n) is 8.15. The Morgan fingerprint density at radius 1 is 1.47 bits per heavy atom. The minimum absolute atomic E-state index is 0.0811. The Morgan fingerprint density at radius 2 is 2.13 bits per heavy atom. The quantitative estimate of drug-likeness (QED) is 0.860. The van der Waals surface area contributed by atoms with Crippen molar-refractivity contribution in [3.05, 3.63) is 20.8 Å². The molecule has 0 saturated carbocycles. The highest BCUT2D eigenvalue weighted by atomic mass is 79.9. The molecule has 0 spiro atoms. The molecule has 0 aliphatic carbocycles. The smallest absolute Gasteiger partial charge is 0.263 e. The maximum atomic E-state index is 12.0. The molecule has 2 heterocycles. The average Bonchev–Trinajstić information content (AvgIpc) is 2.65. The van der Waals surface area contributed by atoms with Crippen LogP contribution in [0.1, 0.15) is 22.5 Å². The van der Waals surface area contributed by atoms with Gasteiger partial charge in [-0.05, 0) is 40.9 Å². The van der Waals surface area contributed by atoms with Gasteiger partial charge in [0.05, 0.1) is 14.8 Å². The van der Waals surface area contributed by atoms with Crippen LogP contribution in [0.3, 0.4) is 0 Å². The van der Waals surface area contributed by atoms with Crippen LogP contribution in [0.5, 0.6) is 0 Å². The Bertz CT molecular complexity index is 358. The second-order valence-corrected chi connectivity index (χ2v) is 6.09. The van der Waals surface area contributed by atoms with Gasteiger partial charge in [0, 0.05) is 13.1 Å². The van der Waals surface area contributed by atoms with Gasteiger partial charge in [-0.3, -0.25) is 4.79 Å². The molecule has 1 amide bonds. The Labute approximate surface area is 101 Å². The van der Waals surface area contributed by atoms with Crippen LogP contribution in [0, 0.1) is 0 Å². The number of hydrogen-bond donors (Lipinski definition) is 1. The molecule has 1 saturated heterocycles. The van der Waals surface area contributed by atoms with E-state index in [4.69, 9.17) is 0 Å². The van der Waals surface area contributed by atoms with E-state index < -0.39 is 0 Å². The number of amides is 1. The Balaban J connectivity index is 2.02. The highest BCUT2D eigenvalue weighted by Gasteiger charge is 2.22. The summed E-state index contributed by atoms with van der Waals surface area (Å²) in [5, 5.41) is 9.34. The van der Waals surface area contributed by atoms with Crippen molar-refractivity contribution >= 4 is 33.2 Å². The van der Waals surface area contributed by atoms with E-state index in [9.17, 15) is 9.90 Å². The van der Waals surface area contributed by atoms with Crippen LogP contribution >= 0.6 is 27.3 Å². The topological polar surface area (TPSA) is 40.5 Å². The van der Waals surface area contributed by atoms with Gasteiger partial charge < -0.3 is 10.0 Å². The summed E-state index contributed by atoms with van der Waals surface area (Å²) in [5.74, 6) is 0.0811. The second-order valence-electron chi connectivity index (χ2n) is 3.63. The van der Waals surface area contributed by atoms with Crippen molar-refractivity contribution in [2.45, 2.75) is 18.9 Å². The first-order valence-electron chi connectivity index (χ1n) is 4.89. The number of aliphatic hydroxyl groups is 1. The van der Waals surface area contributed by atoms with Crippen molar-refractivity contribution in [3.8, 4) is 0 Å². The number of halogens is 1. The van der Waals surface area contributed by atoms with Crippen molar-refractivity contribution < 1.29 is 9.90 Å². The molecule has 15 heavy (non-hydrogen) atoms. The van der Waals surface area contributed by atoms with Crippen LogP contribution in [-0.4, -0.2) is 35.1 Å². The van der Waals surface area contributed by atoms with E-state index in [0.717, 1.165) is 8.66 Å². The maximum Gasteiger partial charge on any atom is 0.263 e. The summed E-state index contributed by atoms with van der Waals surface area (Å²) in [6.45, 7) is 1.32. The molecule has 1 aromatic rings. The second kappa shape index (κ2) is 4.63. The molecule has 1 aliphatic heterocycles. The zero-order valence-corrected chi connectivity index (χ0v) is 10.6. The monoisotopic (exact) mass is 289 g/mol. The first-order valence-corrected chi connectivity index (χ1v) is 6.50. The largest absolute Gasteiger partial charge is 0.393 e. The van der Waals surface area contributed by atoms with Gasteiger partial charge in [-0.1, -0.05) is 0 Å². The first kappa shape index (κ1) is 11.1. The predicted octanol–water partition coefficient (Wildman–Crippen LogP) is 2.11.